The van der Waals surface area contributed by atoms with Gasteiger partial charge >= 0.3 is 0 Å². The number of aromatic nitrogens is 3. The molecule has 3 aromatic heterocycles. The van der Waals surface area contributed by atoms with Crippen LogP contribution in [-0.4, -0.2) is 67.6 Å². The number of ether oxygens (including phenoxy) is 4. The van der Waals surface area contributed by atoms with Crippen LogP contribution in [0.1, 0.15) is 30.5 Å². The van der Waals surface area contributed by atoms with Crippen LogP contribution in [0.3, 0.4) is 0 Å². The van der Waals surface area contributed by atoms with E-state index in [1.54, 1.807) is 31.9 Å². The maximum atomic E-state index is 6.25. The molecule has 38 heavy (non-hydrogen) atoms. The second-order valence-corrected chi connectivity index (χ2v) is 11.3. The van der Waals surface area contributed by atoms with Crippen LogP contribution < -0.4 is 19.7 Å². The summed E-state index contributed by atoms with van der Waals surface area (Å²) in [5.41, 5.74) is 4.35. The van der Waals surface area contributed by atoms with Crippen molar-refractivity contribution in [1.82, 2.24) is 15.0 Å². The predicted molar refractivity (Wildman–Crippen MR) is 150 cm³/mol. The van der Waals surface area contributed by atoms with E-state index in [1.165, 1.54) is 11.1 Å². The molecule has 2 aliphatic heterocycles. The molecule has 0 saturated carbocycles. The summed E-state index contributed by atoms with van der Waals surface area (Å²) < 4.78 is 23.7. The van der Waals surface area contributed by atoms with E-state index in [-0.39, 0.29) is 5.60 Å². The van der Waals surface area contributed by atoms with Gasteiger partial charge in [-0.15, -0.1) is 11.3 Å². The molecule has 9 nitrogen and oxygen atoms in total. The van der Waals surface area contributed by atoms with Crippen molar-refractivity contribution >= 4 is 43.4 Å². The molecule has 0 amide bonds. The third kappa shape index (κ3) is 4.61. The topological polar surface area (TPSA) is 90.9 Å². The van der Waals surface area contributed by atoms with Gasteiger partial charge in [0.15, 0.2) is 11.5 Å². The lowest BCUT2D eigenvalue weighted by Gasteiger charge is -2.36. The molecule has 1 fully saturated rings. The first kappa shape index (κ1) is 25.1. The minimum absolute atomic E-state index is 0.245. The van der Waals surface area contributed by atoms with Gasteiger partial charge in [0.2, 0.25) is 0 Å². The van der Waals surface area contributed by atoms with E-state index in [9.17, 15) is 0 Å². The minimum atomic E-state index is -0.245. The summed E-state index contributed by atoms with van der Waals surface area (Å²) in [6.07, 6.45) is 3.29. The van der Waals surface area contributed by atoms with Crippen LogP contribution in [0.2, 0.25) is 0 Å². The van der Waals surface area contributed by atoms with Gasteiger partial charge < -0.3 is 29.2 Å². The zero-order chi connectivity index (χ0) is 26.3. The van der Waals surface area contributed by atoms with Gasteiger partial charge in [-0.1, -0.05) is 6.07 Å². The number of methoxy groups -OCH3 is 2. The standard InChI is InChI=1S/C28H33N5O4S/c1-28(2)14-18-19(15-37-28)26(33-9-11-36-12-10-33)32-27-22(18)23-24(38-27)25(31-16-30-23)29-8-7-17-5-6-20(34-3)21(13-17)35-4/h5-6,13,16H,7-12,14-15H2,1-4H3,(H,29,30,31). The highest BCUT2D eigenvalue weighted by Crippen LogP contribution is 2.44. The molecule has 0 spiro atoms. The highest BCUT2D eigenvalue weighted by Gasteiger charge is 2.33. The fourth-order valence-corrected chi connectivity index (χ4v) is 6.43. The van der Waals surface area contributed by atoms with Gasteiger partial charge in [0.05, 0.1) is 49.9 Å². The molecule has 1 saturated heterocycles. The van der Waals surface area contributed by atoms with E-state index in [2.05, 4.69) is 35.1 Å². The van der Waals surface area contributed by atoms with Crippen LogP contribution in [-0.2, 0) is 28.9 Å². The zero-order valence-corrected chi connectivity index (χ0v) is 23.1. The number of hydrogen-bond donors (Lipinski definition) is 1. The van der Waals surface area contributed by atoms with Crippen molar-refractivity contribution in [2.24, 2.45) is 0 Å². The molecule has 1 N–H and O–H groups in total. The van der Waals surface area contributed by atoms with Gasteiger partial charge in [-0.3, -0.25) is 0 Å². The van der Waals surface area contributed by atoms with Gasteiger partial charge in [-0.05, 0) is 43.5 Å². The molecule has 6 rings (SSSR count). The van der Waals surface area contributed by atoms with Gasteiger partial charge in [0.1, 0.15) is 22.8 Å². The summed E-state index contributed by atoms with van der Waals surface area (Å²) in [6, 6.07) is 6.02. The average molecular weight is 536 g/mol. The summed E-state index contributed by atoms with van der Waals surface area (Å²) in [5, 5.41) is 4.68. The lowest BCUT2D eigenvalue weighted by molar-refractivity contribution is -0.0396. The first-order valence-corrected chi connectivity index (χ1v) is 13.8. The predicted octanol–water partition coefficient (Wildman–Crippen LogP) is 4.60. The highest BCUT2D eigenvalue weighted by atomic mass is 32.1. The summed E-state index contributed by atoms with van der Waals surface area (Å²) in [5.74, 6) is 3.32. The molecule has 4 aromatic rings. The number of nitrogens with one attached hydrogen (secondary N) is 1. The van der Waals surface area contributed by atoms with E-state index >= 15 is 0 Å². The summed E-state index contributed by atoms with van der Waals surface area (Å²) in [4.78, 5) is 17.9. The fraction of sp³-hybridized carbons (Fsp3) is 0.464. The van der Waals surface area contributed by atoms with Crippen molar-refractivity contribution in [2.45, 2.75) is 38.9 Å². The molecule has 10 heteroatoms. The van der Waals surface area contributed by atoms with E-state index in [4.69, 9.17) is 28.9 Å². The molecule has 0 atom stereocenters. The van der Waals surface area contributed by atoms with Crippen LogP contribution >= 0.6 is 11.3 Å². The van der Waals surface area contributed by atoms with Crippen LogP contribution in [0, 0.1) is 0 Å². The molecule has 200 valence electrons. The molecule has 0 unspecified atom stereocenters. The molecule has 0 bridgehead atoms. The lowest BCUT2D eigenvalue weighted by Crippen LogP contribution is -2.39. The molecule has 1 aromatic carbocycles. The van der Waals surface area contributed by atoms with Crippen molar-refractivity contribution in [3.8, 4) is 11.5 Å². The Bertz CT molecular complexity index is 1480. The summed E-state index contributed by atoms with van der Waals surface area (Å²) in [7, 11) is 3.30. The van der Waals surface area contributed by atoms with Gasteiger partial charge in [-0.25, -0.2) is 15.0 Å². The number of benzene rings is 1. The maximum absolute atomic E-state index is 6.25. The number of rotatable bonds is 7. The van der Waals surface area contributed by atoms with E-state index in [0.717, 1.165) is 81.6 Å². The molecular formula is C28H33N5O4S. The maximum Gasteiger partial charge on any atom is 0.160 e. The lowest BCUT2D eigenvalue weighted by atomic mass is 9.90. The number of anilines is 2. The number of hydrogen-bond acceptors (Lipinski definition) is 10. The second-order valence-electron chi connectivity index (χ2n) is 10.3. The normalized spacial score (nSPS) is 17.0. The van der Waals surface area contributed by atoms with Crippen LogP contribution in [0.15, 0.2) is 24.5 Å². The first-order chi connectivity index (χ1) is 18.5. The molecule has 5 heterocycles. The monoisotopic (exact) mass is 535 g/mol. The Morgan fingerprint density at radius 2 is 1.89 bits per heavy atom. The van der Waals surface area contributed by atoms with Crippen molar-refractivity contribution in [3.63, 3.8) is 0 Å². The first-order valence-electron chi connectivity index (χ1n) is 13.0. The number of nitrogens with zero attached hydrogens (tertiary/aromatic N) is 4. The quantitative estimate of drug-likeness (QED) is 0.365. The number of thiophene rings is 1. The van der Waals surface area contributed by atoms with Crippen molar-refractivity contribution in [1.29, 1.82) is 0 Å². The smallest absolute Gasteiger partial charge is 0.160 e. The van der Waals surface area contributed by atoms with E-state index in [0.29, 0.717) is 19.8 Å². The Kier molecular flexibility index (Phi) is 6.71. The van der Waals surface area contributed by atoms with Gasteiger partial charge in [-0.2, -0.15) is 0 Å². The fourth-order valence-electron chi connectivity index (χ4n) is 5.31. The Hall–Kier alpha value is -3.21. The molecular weight excluding hydrogens is 502 g/mol. The van der Waals surface area contributed by atoms with Crippen LogP contribution in [0.4, 0.5) is 11.6 Å². The van der Waals surface area contributed by atoms with Crippen LogP contribution in [0.5, 0.6) is 11.5 Å². The van der Waals surface area contributed by atoms with Gasteiger partial charge in [0.25, 0.3) is 0 Å². The SMILES string of the molecule is COc1ccc(CCNc2ncnc3c2sc2nc(N4CCOCC4)c4c(c23)CC(C)(C)OC4)cc1OC. The second kappa shape index (κ2) is 10.2. The average Bonchev–Trinajstić information content (AvgIpc) is 3.32. The van der Waals surface area contributed by atoms with Crippen LogP contribution in [0.25, 0.3) is 20.4 Å². The van der Waals surface area contributed by atoms with E-state index in [1.807, 2.05) is 12.1 Å². The molecule has 2 aliphatic rings. The molecule has 0 radical (unpaired) electrons. The third-order valence-electron chi connectivity index (χ3n) is 7.27. The van der Waals surface area contributed by atoms with Crippen molar-refractivity contribution in [2.75, 3.05) is 57.3 Å². The zero-order valence-electron chi connectivity index (χ0n) is 22.3. The molecule has 0 aliphatic carbocycles. The van der Waals surface area contributed by atoms with E-state index < -0.39 is 0 Å². The summed E-state index contributed by atoms with van der Waals surface area (Å²) in [6.45, 7) is 8.68. The largest absolute Gasteiger partial charge is 0.493 e. The minimum Gasteiger partial charge on any atom is -0.493 e. The van der Waals surface area contributed by atoms with Crippen molar-refractivity contribution in [3.05, 3.63) is 41.2 Å². The Morgan fingerprint density at radius 1 is 1.08 bits per heavy atom. The summed E-state index contributed by atoms with van der Waals surface area (Å²) >= 11 is 1.66. The highest BCUT2D eigenvalue weighted by molar-refractivity contribution is 7.26. The third-order valence-corrected chi connectivity index (χ3v) is 8.35. The number of fused-ring (bicyclic) bond motifs is 5. The number of pyridine rings is 1. The Morgan fingerprint density at radius 3 is 2.68 bits per heavy atom. The Balaban J connectivity index is 1.35. The Labute approximate surface area is 226 Å². The van der Waals surface area contributed by atoms with Crippen molar-refractivity contribution < 1.29 is 18.9 Å². The number of morpholine rings is 1. The van der Waals surface area contributed by atoms with Gasteiger partial charge in [0, 0.05) is 37.0 Å².